The number of hydrogen-bond donors (Lipinski definition) is 0. The van der Waals surface area contributed by atoms with Crippen molar-refractivity contribution in [2.75, 3.05) is 0 Å². The summed E-state index contributed by atoms with van der Waals surface area (Å²) >= 11 is -0.750. The first-order valence-electron chi connectivity index (χ1n) is 2.60. The molecule has 0 aliphatic carbocycles. The predicted octanol–water partition coefficient (Wildman–Crippen LogP) is 0.720. The van der Waals surface area contributed by atoms with Crippen molar-refractivity contribution in [1.82, 2.24) is 4.98 Å². The molecule has 0 aliphatic rings. The van der Waals surface area contributed by atoms with E-state index in [2.05, 4.69) is 4.98 Å². The third-order valence-corrected chi connectivity index (χ3v) is 0.813. The minimum atomic E-state index is -0.750. The zero-order valence-corrected chi connectivity index (χ0v) is 6.30. The number of hydrogen-bond acceptors (Lipinski definition) is 3. The summed E-state index contributed by atoms with van der Waals surface area (Å²) in [6.45, 7) is 1.97. The zero-order valence-electron chi connectivity index (χ0n) is 5.48. The van der Waals surface area contributed by atoms with Crippen LogP contribution in [0.2, 0.25) is 0 Å². The van der Waals surface area contributed by atoms with Gasteiger partial charge in [-0.3, -0.25) is 4.98 Å². The van der Waals surface area contributed by atoms with E-state index in [1.165, 1.54) is 0 Å². The number of nitrogens with zero attached hydrogens (tertiary/aromatic N) is 1. The maximum atomic E-state index is 8.29. The van der Waals surface area contributed by atoms with Gasteiger partial charge in [-0.15, -0.1) is 0 Å². The van der Waals surface area contributed by atoms with Gasteiger partial charge in [-0.1, -0.05) is 6.07 Å². The molecular formula is C6H7NO2S. The standard InChI is InChI=1S/C6H7N.O2S/c1-6-4-2-3-5-7-6;1-3-2/h2-5H,1H3;. The highest BCUT2D eigenvalue weighted by atomic mass is 32.1. The van der Waals surface area contributed by atoms with Gasteiger partial charge in [0.05, 0.1) is 0 Å². The van der Waals surface area contributed by atoms with E-state index >= 15 is 0 Å². The maximum absolute atomic E-state index is 8.29. The minimum absolute atomic E-state index is 0.750. The van der Waals surface area contributed by atoms with Crippen molar-refractivity contribution in [3.63, 3.8) is 0 Å². The first kappa shape index (κ1) is 8.97. The van der Waals surface area contributed by atoms with E-state index in [-0.39, 0.29) is 0 Å². The lowest BCUT2D eigenvalue weighted by Gasteiger charge is -1.82. The first-order chi connectivity index (χ1) is 4.81. The van der Waals surface area contributed by atoms with Crippen LogP contribution in [-0.2, 0) is 11.6 Å². The molecule has 1 aromatic heterocycles. The van der Waals surface area contributed by atoms with Crippen molar-refractivity contribution in [3.05, 3.63) is 30.1 Å². The highest BCUT2D eigenvalue weighted by Crippen LogP contribution is 1.85. The Bertz CT molecular complexity index is 206. The second kappa shape index (κ2) is 6.10. The van der Waals surface area contributed by atoms with E-state index in [0.717, 1.165) is 5.69 Å². The third-order valence-electron chi connectivity index (χ3n) is 0.813. The minimum Gasteiger partial charge on any atom is -0.262 e. The Labute approximate surface area is 62.7 Å². The van der Waals surface area contributed by atoms with Crippen LogP contribution < -0.4 is 0 Å². The molecule has 0 spiro atoms. The molecule has 0 fully saturated rings. The van der Waals surface area contributed by atoms with E-state index in [9.17, 15) is 0 Å². The lowest BCUT2D eigenvalue weighted by atomic mass is 10.4. The summed E-state index contributed by atoms with van der Waals surface area (Å²) in [6.07, 6.45) is 1.79. The molecule has 0 radical (unpaired) electrons. The van der Waals surface area contributed by atoms with Gasteiger partial charge in [-0.2, -0.15) is 8.42 Å². The van der Waals surface area contributed by atoms with Gasteiger partial charge in [-0.05, 0) is 19.1 Å². The zero-order chi connectivity index (χ0) is 7.82. The van der Waals surface area contributed by atoms with E-state index in [4.69, 9.17) is 8.42 Å². The molecule has 0 N–H and O–H groups in total. The lowest BCUT2D eigenvalue weighted by molar-refractivity contribution is 0.630. The van der Waals surface area contributed by atoms with Crippen molar-refractivity contribution in [3.8, 4) is 0 Å². The normalized spacial score (nSPS) is 7.30. The van der Waals surface area contributed by atoms with Crippen molar-refractivity contribution >= 4 is 11.6 Å². The summed E-state index contributed by atoms with van der Waals surface area (Å²) < 4.78 is 16.6. The van der Waals surface area contributed by atoms with Crippen LogP contribution >= 0.6 is 0 Å². The van der Waals surface area contributed by atoms with Gasteiger partial charge in [0.2, 0.25) is 0 Å². The molecule has 0 aromatic carbocycles. The third kappa shape index (κ3) is 5.11. The summed E-state index contributed by atoms with van der Waals surface area (Å²) in [5, 5.41) is 0. The summed E-state index contributed by atoms with van der Waals surface area (Å²) in [5.41, 5.74) is 1.07. The van der Waals surface area contributed by atoms with E-state index in [1.54, 1.807) is 6.20 Å². The highest BCUT2D eigenvalue weighted by molar-refractivity contribution is 7.51. The Kier molecular flexibility index (Phi) is 5.47. The Morgan fingerprint density at radius 2 is 2.00 bits per heavy atom. The summed E-state index contributed by atoms with van der Waals surface area (Å²) in [4.78, 5) is 3.98. The fraction of sp³-hybridized carbons (Fsp3) is 0.167. The van der Waals surface area contributed by atoms with Crippen LogP contribution in [-0.4, -0.2) is 13.4 Å². The van der Waals surface area contributed by atoms with Gasteiger partial charge in [0.1, 0.15) is 0 Å². The lowest BCUT2D eigenvalue weighted by Crippen LogP contribution is -1.72. The number of pyridine rings is 1. The van der Waals surface area contributed by atoms with Crippen molar-refractivity contribution in [2.45, 2.75) is 6.92 Å². The van der Waals surface area contributed by atoms with E-state index in [0.29, 0.717) is 0 Å². The number of aryl methyl sites for hydroxylation is 1. The molecule has 0 amide bonds. The highest BCUT2D eigenvalue weighted by Gasteiger charge is 1.73. The van der Waals surface area contributed by atoms with Crippen LogP contribution in [0.1, 0.15) is 5.69 Å². The SMILES string of the molecule is Cc1ccccn1.O=S=O. The average molecular weight is 157 g/mol. The topological polar surface area (TPSA) is 47.0 Å². The van der Waals surface area contributed by atoms with Gasteiger partial charge < -0.3 is 0 Å². The predicted molar refractivity (Wildman–Crippen MR) is 37.9 cm³/mol. The molecule has 54 valence electrons. The van der Waals surface area contributed by atoms with Crippen LogP contribution in [0.3, 0.4) is 0 Å². The molecule has 1 heterocycles. The molecule has 0 atom stereocenters. The van der Waals surface area contributed by atoms with Gasteiger partial charge in [0.25, 0.3) is 0 Å². The molecule has 1 aromatic rings. The van der Waals surface area contributed by atoms with Gasteiger partial charge >= 0.3 is 11.6 Å². The Balaban J connectivity index is 0.000000236. The molecule has 0 unspecified atom stereocenters. The van der Waals surface area contributed by atoms with Crippen molar-refractivity contribution < 1.29 is 8.42 Å². The maximum Gasteiger partial charge on any atom is 0.335 e. The summed E-state index contributed by atoms with van der Waals surface area (Å²) in [6, 6.07) is 5.86. The Morgan fingerprint density at radius 1 is 1.40 bits per heavy atom. The second-order valence-corrected chi connectivity index (χ2v) is 1.68. The molecular weight excluding hydrogens is 150 g/mol. The fourth-order valence-corrected chi connectivity index (χ4v) is 0.448. The monoisotopic (exact) mass is 157 g/mol. The molecule has 0 saturated heterocycles. The fourth-order valence-electron chi connectivity index (χ4n) is 0.448. The van der Waals surface area contributed by atoms with Gasteiger partial charge in [0, 0.05) is 11.9 Å². The largest absolute Gasteiger partial charge is 0.335 e. The Hall–Kier alpha value is -1.03. The van der Waals surface area contributed by atoms with Crippen LogP contribution in [0.4, 0.5) is 0 Å². The molecule has 0 bridgehead atoms. The van der Waals surface area contributed by atoms with Gasteiger partial charge in [0.15, 0.2) is 0 Å². The van der Waals surface area contributed by atoms with Crippen molar-refractivity contribution in [1.29, 1.82) is 0 Å². The van der Waals surface area contributed by atoms with E-state index in [1.807, 2.05) is 25.1 Å². The number of aromatic nitrogens is 1. The molecule has 0 aliphatic heterocycles. The average Bonchev–Trinajstić information content (AvgIpc) is 1.91. The molecule has 0 saturated carbocycles. The molecule has 1 rings (SSSR count). The molecule has 10 heavy (non-hydrogen) atoms. The summed E-state index contributed by atoms with van der Waals surface area (Å²) in [7, 11) is 0. The van der Waals surface area contributed by atoms with Crippen molar-refractivity contribution in [2.24, 2.45) is 0 Å². The quantitative estimate of drug-likeness (QED) is 0.557. The smallest absolute Gasteiger partial charge is 0.262 e. The van der Waals surface area contributed by atoms with Crippen LogP contribution in [0, 0.1) is 6.92 Å². The summed E-state index contributed by atoms with van der Waals surface area (Å²) in [5.74, 6) is 0. The first-order valence-corrected chi connectivity index (χ1v) is 3.27. The Morgan fingerprint density at radius 3 is 2.20 bits per heavy atom. The van der Waals surface area contributed by atoms with E-state index < -0.39 is 11.6 Å². The molecule has 3 nitrogen and oxygen atoms in total. The van der Waals surface area contributed by atoms with Crippen LogP contribution in [0.15, 0.2) is 24.4 Å². The van der Waals surface area contributed by atoms with Gasteiger partial charge in [-0.25, -0.2) is 0 Å². The second-order valence-electron chi connectivity index (χ2n) is 1.54. The number of rotatable bonds is 0. The van der Waals surface area contributed by atoms with Crippen LogP contribution in [0.5, 0.6) is 0 Å². The molecule has 4 heteroatoms. The van der Waals surface area contributed by atoms with Crippen LogP contribution in [0.25, 0.3) is 0 Å².